The average molecular weight is 445 g/mol. The normalized spacial score (nSPS) is 16.8. The SMILES string of the molecule is O=C1Nc2ccc(F)cc2/C1=C\c1ccc(-c2ccccc2C(=O)NCCN2CCCC2)o1. The van der Waals surface area contributed by atoms with Crippen molar-refractivity contribution >= 4 is 29.2 Å². The Morgan fingerprint density at radius 1 is 1.09 bits per heavy atom. The first-order valence-corrected chi connectivity index (χ1v) is 11.1. The summed E-state index contributed by atoms with van der Waals surface area (Å²) in [5.74, 6) is 0.0782. The largest absolute Gasteiger partial charge is 0.457 e. The van der Waals surface area contributed by atoms with E-state index in [9.17, 15) is 14.0 Å². The summed E-state index contributed by atoms with van der Waals surface area (Å²) in [5, 5.41) is 5.73. The maximum atomic E-state index is 13.7. The highest BCUT2D eigenvalue weighted by Gasteiger charge is 2.25. The van der Waals surface area contributed by atoms with Crippen molar-refractivity contribution in [2.45, 2.75) is 12.8 Å². The summed E-state index contributed by atoms with van der Waals surface area (Å²) < 4.78 is 19.7. The van der Waals surface area contributed by atoms with Gasteiger partial charge in [0.15, 0.2) is 0 Å². The molecule has 0 atom stereocenters. The predicted molar refractivity (Wildman–Crippen MR) is 125 cm³/mol. The summed E-state index contributed by atoms with van der Waals surface area (Å²) >= 11 is 0. The van der Waals surface area contributed by atoms with E-state index in [4.69, 9.17) is 4.42 Å². The molecule has 1 saturated heterocycles. The molecule has 168 valence electrons. The summed E-state index contributed by atoms with van der Waals surface area (Å²) in [5.41, 5.74) is 2.59. The molecule has 5 rings (SSSR count). The first-order valence-electron chi connectivity index (χ1n) is 11.1. The second kappa shape index (κ2) is 9.03. The van der Waals surface area contributed by atoms with Gasteiger partial charge >= 0.3 is 0 Å². The van der Waals surface area contributed by atoms with Gasteiger partial charge in [0, 0.05) is 29.9 Å². The van der Waals surface area contributed by atoms with Crippen LogP contribution < -0.4 is 10.6 Å². The number of nitrogens with one attached hydrogen (secondary N) is 2. The maximum Gasteiger partial charge on any atom is 0.256 e. The Balaban J connectivity index is 1.35. The molecule has 0 unspecified atom stereocenters. The quantitative estimate of drug-likeness (QED) is 0.552. The third-order valence-electron chi connectivity index (χ3n) is 6.03. The van der Waals surface area contributed by atoms with Crippen molar-refractivity contribution in [2.24, 2.45) is 0 Å². The topological polar surface area (TPSA) is 74.6 Å². The standard InChI is InChI=1S/C26H24FN3O3/c27-17-7-9-23-21(15-17)22(26(32)29-23)16-18-8-10-24(33-18)19-5-1-2-6-20(19)25(31)28-11-14-30-12-3-4-13-30/h1-2,5-10,15-16H,3-4,11-14H2,(H,28,31)(H,29,32)/b22-16+. The van der Waals surface area contributed by atoms with E-state index in [0.717, 1.165) is 19.6 Å². The number of hydrogen-bond acceptors (Lipinski definition) is 4. The van der Waals surface area contributed by atoms with Gasteiger partial charge in [-0.1, -0.05) is 18.2 Å². The van der Waals surface area contributed by atoms with Gasteiger partial charge in [-0.25, -0.2) is 4.39 Å². The van der Waals surface area contributed by atoms with Gasteiger partial charge in [-0.2, -0.15) is 0 Å². The van der Waals surface area contributed by atoms with Crippen molar-refractivity contribution in [1.29, 1.82) is 0 Å². The molecule has 3 aromatic rings. The number of anilines is 1. The van der Waals surface area contributed by atoms with Crippen molar-refractivity contribution in [3.8, 4) is 11.3 Å². The van der Waals surface area contributed by atoms with Crippen molar-refractivity contribution in [3.63, 3.8) is 0 Å². The minimum absolute atomic E-state index is 0.152. The summed E-state index contributed by atoms with van der Waals surface area (Å²) in [6.45, 7) is 3.61. The third-order valence-corrected chi connectivity index (χ3v) is 6.03. The minimum Gasteiger partial charge on any atom is -0.457 e. The lowest BCUT2D eigenvalue weighted by atomic mass is 10.0. The number of likely N-dealkylation sites (tertiary alicyclic amines) is 1. The van der Waals surface area contributed by atoms with Crippen LogP contribution in [0.3, 0.4) is 0 Å². The van der Waals surface area contributed by atoms with Gasteiger partial charge in [0.2, 0.25) is 0 Å². The van der Waals surface area contributed by atoms with Crippen LogP contribution in [0.25, 0.3) is 23.0 Å². The number of amides is 2. The van der Waals surface area contributed by atoms with E-state index in [2.05, 4.69) is 15.5 Å². The second-order valence-corrected chi connectivity index (χ2v) is 8.25. The van der Waals surface area contributed by atoms with Gasteiger partial charge in [-0.05, 0) is 68.4 Å². The van der Waals surface area contributed by atoms with E-state index >= 15 is 0 Å². The van der Waals surface area contributed by atoms with E-state index in [0.29, 0.717) is 46.0 Å². The number of rotatable bonds is 6. The van der Waals surface area contributed by atoms with Crippen LogP contribution in [0.2, 0.25) is 0 Å². The fourth-order valence-corrected chi connectivity index (χ4v) is 4.35. The van der Waals surface area contributed by atoms with Gasteiger partial charge < -0.3 is 20.0 Å². The average Bonchev–Trinajstić information content (AvgIpc) is 3.56. The van der Waals surface area contributed by atoms with E-state index in [-0.39, 0.29) is 11.8 Å². The molecule has 1 aromatic heterocycles. The molecule has 7 heteroatoms. The second-order valence-electron chi connectivity index (χ2n) is 8.25. The van der Waals surface area contributed by atoms with Crippen LogP contribution in [0.15, 0.2) is 59.0 Å². The molecule has 2 aliphatic rings. The first kappa shape index (κ1) is 21.2. The molecule has 2 N–H and O–H groups in total. The van der Waals surface area contributed by atoms with Crippen molar-refractivity contribution in [2.75, 3.05) is 31.5 Å². The number of benzene rings is 2. The number of carbonyl (C=O) groups excluding carboxylic acids is 2. The summed E-state index contributed by atoms with van der Waals surface area (Å²) in [7, 11) is 0. The third kappa shape index (κ3) is 4.45. The van der Waals surface area contributed by atoms with Crippen molar-refractivity contribution < 1.29 is 18.4 Å². The van der Waals surface area contributed by atoms with Crippen LogP contribution >= 0.6 is 0 Å². The molecule has 0 aliphatic carbocycles. The molecule has 0 bridgehead atoms. The highest BCUT2D eigenvalue weighted by Crippen LogP contribution is 2.34. The fourth-order valence-electron chi connectivity index (χ4n) is 4.35. The van der Waals surface area contributed by atoms with E-state index in [1.807, 2.05) is 18.2 Å². The summed E-state index contributed by atoms with van der Waals surface area (Å²) in [6, 6.07) is 14.9. The van der Waals surface area contributed by atoms with Gasteiger partial charge in [-0.3, -0.25) is 9.59 Å². The Bertz CT molecular complexity index is 1240. The zero-order chi connectivity index (χ0) is 22.8. The van der Waals surface area contributed by atoms with Gasteiger partial charge in [0.25, 0.3) is 11.8 Å². The number of nitrogens with zero attached hydrogens (tertiary/aromatic N) is 1. The fraction of sp³-hybridized carbons (Fsp3) is 0.231. The van der Waals surface area contributed by atoms with Crippen LogP contribution in [0, 0.1) is 5.82 Å². The smallest absolute Gasteiger partial charge is 0.256 e. The number of carbonyl (C=O) groups is 2. The Labute approximate surface area is 191 Å². The van der Waals surface area contributed by atoms with Crippen LogP contribution in [0.5, 0.6) is 0 Å². The van der Waals surface area contributed by atoms with Crippen molar-refractivity contribution in [1.82, 2.24) is 10.2 Å². The molecule has 1 fully saturated rings. The lowest BCUT2D eigenvalue weighted by molar-refractivity contribution is -0.110. The zero-order valence-corrected chi connectivity index (χ0v) is 18.1. The van der Waals surface area contributed by atoms with Crippen molar-refractivity contribution in [3.05, 3.63) is 77.3 Å². The molecule has 0 saturated carbocycles. The molecule has 6 nitrogen and oxygen atoms in total. The molecule has 2 aromatic carbocycles. The summed E-state index contributed by atoms with van der Waals surface area (Å²) in [4.78, 5) is 27.6. The Hall–Kier alpha value is -3.71. The number of furan rings is 1. The Kier molecular flexibility index (Phi) is 5.79. The van der Waals surface area contributed by atoms with Crippen LogP contribution in [-0.2, 0) is 4.79 Å². The highest BCUT2D eigenvalue weighted by molar-refractivity contribution is 6.34. The number of fused-ring (bicyclic) bond motifs is 1. The van der Waals surface area contributed by atoms with Crippen LogP contribution in [0.1, 0.15) is 34.5 Å². The molecule has 2 aliphatic heterocycles. The highest BCUT2D eigenvalue weighted by atomic mass is 19.1. The monoisotopic (exact) mass is 445 g/mol. The molecule has 2 amide bonds. The molecule has 33 heavy (non-hydrogen) atoms. The van der Waals surface area contributed by atoms with Crippen LogP contribution in [-0.4, -0.2) is 42.9 Å². The van der Waals surface area contributed by atoms with Gasteiger partial charge in [0.1, 0.15) is 17.3 Å². The van der Waals surface area contributed by atoms with E-state index in [1.54, 1.807) is 24.3 Å². The molecule has 0 spiro atoms. The van der Waals surface area contributed by atoms with E-state index in [1.165, 1.54) is 31.0 Å². The first-order chi connectivity index (χ1) is 16.1. The van der Waals surface area contributed by atoms with Crippen LogP contribution in [0.4, 0.5) is 10.1 Å². The molecular weight excluding hydrogens is 421 g/mol. The molecule has 0 radical (unpaired) electrons. The maximum absolute atomic E-state index is 13.7. The molecule has 3 heterocycles. The number of hydrogen-bond donors (Lipinski definition) is 2. The number of halogens is 1. The predicted octanol–water partition coefficient (Wildman–Crippen LogP) is 4.40. The lowest BCUT2D eigenvalue weighted by Gasteiger charge is -2.15. The van der Waals surface area contributed by atoms with Gasteiger partial charge in [-0.15, -0.1) is 0 Å². The Morgan fingerprint density at radius 3 is 2.76 bits per heavy atom. The summed E-state index contributed by atoms with van der Waals surface area (Å²) in [6.07, 6.45) is 4.02. The Morgan fingerprint density at radius 2 is 1.91 bits per heavy atom. The van der Waals surface area contributed by atoms with Gasteiger partial charge in [0.05, 0.1) is 11.1 Å². The molecular formula is C26H24FN3O3. The lowest BCUT2D eigenvalue weighted by Crippen LogP contribution is -2.33. The minimum atomic E-state index is -0.416. The van der Waals surface area contributed by atoms with E-state index < -0.39 is 5.82 Å². The zero-order valence-electron chi connectivity index (χ0n) is 18.1.